The van der Waals surface area contributed by atoms with Gasteiger partial charge in [-0.05, 0) is 58.2 Å². The maximum Gasteiger partial charge on any atom is 0.411 e. The molecular weight excluding hydrogens is 334 g/mol. The van der Waals surface area contributed by atoms with Gasteiger partial charge < -0.3 is 14.0 Å². The Balaban J connectivity index is 2.30. The normalized spacial score (nSPS) is 29.8. The number of rotatable bonds is 4. The monoisotopic (exact) mass is 369 g/mol. The standard InChI is InChI=1S/C19H35NO4Si/c1-17(2,3)23-16(22)20-14-9-10-19(20,11-12-21)15(13-14)24-25(7,8)18(4,5)6/h12,14-15H,9-11,13H2,1-8H3. The topological polar surface area (TPSA) is 55.8 Å². The average Bonchev–Trinajstić information content (AvgIpc) is 2.87. The lowest BCUT2D eigenvalue weighted by atomic mass is 9.83. The lowest BCUT2D eigenvalue weighted by molar-refractivity contribution is -0.111. The maximum absolute atomic E-state index is 12.9. The molecule has 0 radical (unpaired) electrons. The molecule has 25 heavy (non-hydrogen) atoms. The summed E-state index contributed by atoms with van der Waals surface area (Å²) in [6, 6.07) is 0.115. The highest BCUT2D eigenvalue weighted by molar-refractivity contribution is 6.74. The van der Waals surface area contributed by atoms with E-state index in [4.69, 9.17) is 9.16 Å². The summed E-state index contributed by atoms with van der Waals surface area (Å²) in [6.45, 7) is 16.7. The summed E-state index contributed by atoms with van der Waals surface area (Å²) >= 11 is 0. The predicted molar refractivity (Wildman–Crippen MR) is 101 cm³/mol. The molecule has 2 saturated heterocycles. The molecule has 3 unspecified atom stereocenters. The largest absolute Gasteiger partial charge is 0.444 e. The molecule has 0 aromatic rings. The molecule has 2 aliphatic heterocycles. The van der Waals surface area contributed by atoms with E-state index in [1.165, 1.54) is 0 Å². The van der Waals surface area contributed by atoms with Crippen LogP contribution in [0.25, 0.3) is 0 Å². The van der Waals surface area contributed by atoms with Crippen LogP contribution in [0.15, 0.2) is 0 Å². The second kappa shape index (κ2) is 6.37. The van der Waals surface area contributed by atoms with Crippen LogP contribution in [-0.4, -0.2) is 48.9 Å². The van der Waals surface area contributed by atoms with Crippen LogP contribution in [0, 0.1) is 0 Å². The molecule has 0 spiro atoms. The molecule has 2 heterocycles. The third kappa shape index (κ3) is 3.80. The molecule has 5 nitrogen and oxygen atoms in total. The summed E-state index contributed by atoms with van der Waals surface area (Å²) in [7, 11) is -1.99. The smallest absolute Gasteiger partial charge is 0.411 e. The van der Waals surface area contributed by atoms with Crippen molar-refractivity contribution < 1.29 is 18.8 Å². The Kier molecular flexibility index (Phi) is 5.21. The van der Waals surface area contributed by atoms with Crippen molar-refractivity contribution in [3.63, 3.8) is 0 Å². The number of nitrogens with zero attached hydrogens (tertiary/aromatic N) is 1. The first kappa shape index (κ1) is 20.4. The van der Waals surface area contributed by atoms with Crippen molar-refractivity contribution in [1.82, 2.24) is 4.90 Å². The molecule has 0 aromatic heterocycles. The third-order valence-electron chi connectivity index (χ3n) is 6.11. The summed E-state index contributed by atoms with van der Waals surface area (Å²) in [5, 5.41) is 0.0912. The third-order valence-corrected chi connectivity index (χ3v) is 10.6. The van der Waals surface area contributed by atoms with Gasteiger partial charge in [-0.2, -0.15) is 0 Å². The summed E-state index contributed by atoms with van der Waals surface area (Å²) in [5.74, 6) is 0. The lowest BCUT2D eigenvalue weighted by Gasteiger charge is -2.45. The number of hydrogen-bond acceptors (Lipinski definition) is 4. The minimum Gasteiger partial charge on any atom is -0.444 e. The Morgan fingerprint density at radius 2 is 1.84 bits per heavy atom. The summed E-state index contributed by atoms with van der Waals surface area (Å²) < 4.78 is 12.3. The molecule has 0 aromatic carbocycles. The van der Waals surface area contributed by atoms with E-state index in [1.807, 2.05) is 25.7 Å². The number of amides is 1. The van der Waals surface area contributed by atoms with Crippen LogP contribution in [0.3, 0.4) is 0 Å². The Bertz CT molecular complexity index is 535. The molecule has 2 bridgehead atoms. The molecule has 0 aliphatic carbocycles. The average molecular weight is 370 g/mol. The lowest BCUT2D eigenvalue weighted by Crippen LogP contribution is -2.56. The van der Waals surface area contributed by atoms with Gasteiger partial charge in [0.25, 0.3) is 0 Å². The van der Waals surface area contributed by atoms with Gasteiger partial charge in [-0.25, -0.2) is 4.79 Å². The number of carbonyl (C=O) groups is 2. The second-order valence-corrected chi connectivity index (χ2v) is 14.9. The first-order valence-electron chi connectivity index (χ1n) is 9.37. The maximum atomic E-state index is 12.9. The first-order chi connectivity index (χ1) is 11.2. The molecule has 0 N–H and O–H groups in total. The van der Waals surface area contributed by atoms with Crippen molar-refractivity contribution in [1.29, 1.82) is 0 Å². The second-order valence-electron chi connectivity index (χ2n) is 10.1. The number of hydrogen-bond donors (Lipinski definition) is 0. The molecule has 1 amide bonds. The molecule has 0 saturated carbocycles. The zero-order chi connectivity index (χ0) is 19.3. The highest BCUT2D eigenvalue weighted by atomic mass is 28.4. The fourth-order valence-corrected chi connectivity index (χ4v) is 5.22. The first-order valence-corrected chi connectivity index (χ1v) is 12.3. The van der Waals surface area contributed by atoms with E-state index in [0.717, 1.165) is 25.5 Å². The van der Waals surface area contributed by atoms with Crippen molar-refractivity contribution >= 4 is 20.7 Å². The van der Waals surface area contributed by atoms with Crippen molar-refractivity contribution in [2.75, 3.05) is 0 Å². The van der Waals surface area contributed by atoms with Gasteiger partial charge in [0.1, 0.15) is 11.9 Å². The van der Waals surface area contributed by atoms with E-state index < -0.39 is 19.5 Å². The highest BCUT2D eigenvalue weighted by Gasteiger charge is 2.62. The Morgan fingerprint density at radius 1 is 1.24 bits per heavy atom. The molecule has 2 fully saturated rings. The van der Waals surface area contributed by atoms with E-state index in [1.54, 1.807) is 0 Å². The zero-order valence-electron chi connectivity index (χ0n) is 17.1. The summed E-state index contributed by atoms with van der Waals surface area (Å²) in [4.78, 5) is 26.2. The van der Waals surface area contributed by atoms with Crippen LogP contribution in [0.4, 0.5) is 4.79 Å². The Labute approximate surface area is 153 Å². The van der Waals surface area contributed by atoms with Gasteiger partial charge in [-0.1, -0.05) is 20.8 Å². The van der Waals surface area contributed by atoms with E-state index in [-0.39, 0.29) is 23.3 Å². The van der Waals surface area contributed by atoms with Gasteiger partial charge in [0.15, 0.2) is 8.32 Å². The SMILES string of the molecule is CC(C)(C)OC(=O)N1C2CCC1(CC=O)C(O[Si](C)(C)C(C)(C)C)C2. The fourth-order valence-electron chi connectivity index (χ4n) is 3.84. The van der Waals surface area contributed by atoms with Crippen LogP contribution in [0.5, 0.6) is 0 Å². The summed E-state index contributed by atoms with van der Waals surface area (Å²) in [5.41, 5.74) is -1.08. The van der Waals surface area contributed by atoms with Gasteiger partial charge in [0.2, 0.25) is 0 Å². The van der Waals surface area contributed by atoms with Crippen molar-refractivity contribution in [3.05, 3.63) is 0 Å². The molecular formula is C19H35NO4Si. The van der Waals surface area contributed by atoms with Crippen molar-refractivity contribution in [2.45, 2.75) is 109 Å². The Morgan fingerprint density at radius 3 is 2.32 bits per heavy atom. The van der Waals surface area contributed by atoms with E-state index in [2.05, 4.69) is 33.9 Å². The van der Waals surface area contributed by atoms with E-state index in [9.17, 15) is 9.59 Å². The van der Waals surface area contributed by atoms with Crippen LogP contribution in [0.1, 0.15) is 67.2 Å². The fraction of sp³-hybridized carbons (Fsp3) is 0.895. The minimum absolute atomic E-state index is 0.0788. The quantitative estimate of drug-likeness (QED) is 0.540. The molecule has 6 heteroatoms. The van der Waals surface area contributed by atoms with Gasteiger partial charge in [0.05, 0.1) is 11.6 Å². The van der Waals surface area contributed by atoms with Gasteiger partial charge in [0, 0.05) is 12.5 Å². The minimum atomic E-state index is -1.99. The van der Waals surface area contributed by atoms with Crippen LogP contribution in [0.2, 0.25) is 18.1 Å². The number of carbonyl (C=O) groups excluding carboxylic acids is 2. The van der Waals surface area contributed by atoms with Crippen LogP contribution < -0.4 is 0 Å². The van der Waals surface area contributed by atoms with E-state index >= 15 is 0 Å². The van der Waals surface area contributed by atoms with Crippen molar-refractivity contribution in [3.8, 4) is 0 Å². The van der Waals surface area contributed by atoms with Crippen molar-refractivity contribution in [2.24, 2.45) is 0 Å². The number of fused-ring (bicyclic) bond motifs is 2. The molecule has 144 valence electrons. The van der Waals surface area contributed by atoms with Crippen LogP contribution >= 0.6 is 0 Å². The Hall–Kier alpha value is -0.883. The molecule has 2 rings (SSSR count). The van der Waals surface area contributed by atoms with Gasteiger partial charge >= 0.3 is 6.09 Å². The number of aldehydes is 1. The van der Waals surface area contributed by atoms with Crippen LogP contribution in [-0.2, 0) is 14.0 Å². The predicted octanol–water partition coefficient (Wildman–Crippen LogP) is 4.51. The van der Waals surface area contributed by atoms with Gasteiger partial charge in [-0.15, -0.1) is 0 Å². The molecule has 2 aliphatic rings. The van der Waals surface area contributed by atoms with Gasteiger partial charge in [-0.3, -0.25) is 4.90 Å². The molecule has 3 atom stereocenters. The number of ether oxygens (including phenoxy) is 1. The van der Waals surface area contributed by atoms with E-state index in [0.29, 0.717) is 6.42 Å². The zero-order valence-corrected chi connectivity index (χ0v) is 18.1. The summed E-state index contributed by atoms with van der Waals surface area (Å²) in [6.07, 6.45) is 3.41. The highest BCUT2D eigenvalue weighted by Crippen LogP contribution is 2.52.